The van der Waals surface area contributed by atoms with Crippen LogP contribution in [0.25, 0.3) is 0 Å². The number of halogens is 3. The van der Waals surface area contributed by atoms with Gasteiger partial charge >= 0.3 is 30.1 Å². The molecule has 2 aliphatic heterocycles. The molecule has 0 unspecified atom stereocenters. The first-order chi connectivity index (χ1) is 27.5. The van der Waals surface area contributed by atoms with Gasteiger partial charge < -0.3 is 39.2 Å². The summed E-state index contributed by atoms with van der Waals surface area (Å²) >= 11 is 0. The molecule has 5 rings (SSSR count). The van der Waals surface area contributed by atoms with Gasteiger partial charge in [-0.2, -0.15) is 13.2 Å². The van der Waals surface area contributed by atoms with Gasteiger partial charge in [-0.3, -0.25) is 4.79 Å². The van der Waals surface area contributed by atoms with Gasteiger partial charge in [-0.05, 0) is 90.1 Å². The van der Waals surface area contributed by atoms with Gasteiger partial charge in [0.25, 0.3) is 0 Å². The van der Waals surface area contributed by atoms with E-state index in [1.807, 2.05) is 13.1 Å². The maximum atomic E-state index is 13.2. The van der Waals surface area contributed by atoms with Crippen molar-refractivity contribution in [3.05, 3.63) is 47.2 Å². The van der Waals surface area contributed by atoms with Crippen molar-refractivity contribution in [1.29, 1.82) is 0 Å². The molecule has 58 heavy (non-hydrogen) atoms. The molecule has 0 aromatic heterocycles. The number of carboxylic acids is 1. The van der Waals surface area contributed by atoms with Gasteiger partial charge in [-0.25, -0.2) is 14.4 Å². The average molecular weight is 824 g/mol. The van der Waals surface area contributed by atoms with Gasteiger partial charge in [0.1, 0.15) is 5.76 Å². The SMILES string of the molecule is CCCCCCCC/C=C\CCCCCCCC(=O)O[C@@H](C)C(=O)O[C@@H](C)C(=O)OC1=CC[C@@]2(O)[C@H]3Cc4ccc(O)c5c4[C@@]2(CCN3C)[C@H]1O5.O=C(O)C(F)(F)F. The fourth-order valence-electron chi connectivity index (χ4n) is 8.60. The molecule has 1 spiro atoms. The molecule has 324 valence electrons. The molecule has 4 aliphatic rings. The highest BCUT2D eigenvalue weighted by atomic mass is 19.4. The highest BCUT2D eigenvalue weighted by molar-refractivity contribution is 5.83. The number of aliphatic hydroxyl groups is 1. The predicted octanol–water partition coefficient (Wildman–Crippen LogP) is 7.75. The number of benzene rings is 1. The number of rotatable bonds is 20. The Kier molecular flexibility index (Phi) is 16.6. The first kappa shape index (κ1) is 46.6. The Labute approximate surface area is 338 Å². The second-order valence-electron chi connectivity index (χ2n) is 15.9. The number of phenolic OH excluding ortho intramolecular Hbond substituents is 1. The number of unbranched alkanes of at least 4 members (excludes halogenated alkanes) is 11. The molecule has 0 radical (unpaired) electrons. The van der Waals surface area contributed by atoms with Crippen molar-refractivity contribution in [3.63, 3.8) is 0 Å². The van der Waals surface area contributed by atoms with Crippen molar-refractivity contribution >= 4 is 23.9 Å². The van der Waals surface area contributed by atoms with Gasteiger partial charge in [-0.15, -0.1) is 0 Å². The van der Waals surface area contributed by atoms with E-state index in [1.54, 1.807) is 12.1 Å². The maximum absolute atomic E-state index is 13.2. The summed E-state index contributed by atoms with van der Waals surface area (Å²) in [7, 11) is 2.00. The number of allylic oxidation sites excluding steroid dienone is 2. The Morgan fingerprint density at radius 3 is 2.14 bits per heavy atom. The molecule has 1 aromatic rings. The molecule has 2 heterocycles. The summed E-state index contributed by atoms with van der Waals surface area (Å²) in [6.45, 7) is 5.77. The molecule has 6 atom stereocenters. The van der Waals surface area contributed by atoms with Gasteiger partial charge in [0.15, 0.2) is 29.8 Å². The Balaban J connectivity index is 0.000000973. The van der Waals surface area contributed by atoms with Gasteiger partial charge in [0.2, 0.25) is 0 Å². The summed E-state index contributed by atoms with van der Waals surface area (Å²) in [5.41, 5.74) is -0.295. The fourth-order valence-corrected chi connectivity index (χ4v) is 8.60. The fraction of sp³-hybridized carbons (Fsp3) is 0.674. The van der Waals surface area contributed by atoms with Crippen molar-refractivity contribution in [1.82, 2.24) is 4.90 Å². The summed E-state index contributed by atoms with van der Waals surface area (Å²) in [6, 6.07) is 3.31. The third-order valence-corrected chi connectivity index (χ3v) is 11.7. The molecule has 12 nitrogen and oxygen atoms in total. The second kappa shape index (κ2) is 20.7. The van der Waals surface area contributed by atoms with Crippen molar-refractivity contribution < 1.29 is 66.6 Å². The number of carbonyl (C=O) groups is 4. The predicted molar refractivity (Wildman–Crippen MR) is 207 cm³/mol. The van der Waals surface area contributed by atoms with Crippen LogP contribution in [-0.4, -0.2) is 93.8 Å². The Morgan fingerprint density at radius 2 is 1.52 bits per heavy atom. The van der Waals surface area contributed by atoms with Crippen LogP contribution >= 0.6 is 0 Å². The van der Waals surface area contributed by atoms with E-state index < -0.39 is 59.4 Å². The molecular formula is C43H60F3NO11. The molecule has 2 bridgehead atoms. The lowest BCUT2D eigenvalue weighted by molar-refractivity contribution is -0.192. The lowest BCUT2D eigenvalue weighted by Gasteiger charge is -2.61. The topological polar surface area (TPSA) is 169 Å². The first-order valence-electron chi connectivity index (χ1n) is 20.7. The summed E-state index contributed by atoms with van der Waals surface area (Å²) in [6.07, 6.45) is 14.6. The van der Waals surface area contributed by atoms with Crippen molar-refractivity contribution in [2.75, 3.05) is 13.6 Å². The third-order valence-electron chi connectivity index (χ3n) is 11.7. The monoisotopic (exact) mass is 823 g/mol. The molecule has 1 saturated heterocycles. The summed E-state index contributed by atoms with van der Waals surface area (Å²) in [5.74, 6) is -4.37. The van der Waals surface area contributed by atoms with Gasteiger partial charge in [-0.1, -0.05) is 76.5 Å². The number of carboxylic acid groups (broad SMARTS) is 1. The molecule has 3 N–H and O–H groups in total. The van der Waals surface area contributed by atoms with Crippen molar-refractivity contribution in [3.8, 4) is 11.5 Å². The molecule has 2 aliphatic carbocycles. The standard InChI is InChI=1S/C41H59NO9.C2HF3O2/c1-5-6-7-8-9-10-11-12-13-14-15-16-17-18-19-20-34(44)48-28(2)38(45)49-29(3)39(46)50-32-23-24-41(47)33-27-30-21-22-31(43)36-35(30)40(41,37(32)51-36)25-26-42(33)4;3-2(4,5)1(6)7/h12-13,21-23,28-29,33,37,43,47H,5-11,14-20,24-27H2,1-4H3;(H,6,7)/b13-12-;/t28-,29-,33+,37-,40-,41+;/m0./s1. The average Bonchev–Trinajstić information content (AvgIpc) is 3.53. The number of nitrogens with zero attached hydrogens (tertiary/aromatic N) is 1. The molecule has 1 aromatic carbocycles. The van der Waals surface area contributed by atoms with E-state index in [0.717, 1.165) is 43.2 Å². The first-order valence-corrected chi connectivity index (χ1v) is 20.7. The van der Waals surface area contributed by atoms with Gasteiger partial charge in [0, 0.05) is 24.4 Å². The van der Waals surface area contributed by atoms with Crippen LogP contribution < -0.4 is 4.74 Å². The summed E-state index contributed by atoms with van der Waals surface area (Å²) in [4.78, 5) is 49.4. The Bertz CT molecular complexity index is 1660. The van der Waals surface area contributed by atoms with E-state index in [-0.39, 0.29) is 30.4 Å². The Hall–Kier alpha value is -4.11. The van der Waals surface area contributed by atoms with E-state index in [0.29, 0.717) is 31.6 Å². The van der Waals surface area contributed by atoms with Crippen LogP contribution in [0.4, 0.5) is 13.2 Å². The number of likely N-dealkylation sites (N-methyl/N-ethyl adjacent to an activating group) is 1. The van der Waals surface area contributed by atoms with E-state index in [9.17, 15) is 37.8 Å². The van der Waals surface area contributed by atoms with E-state index >= 15 is 0 Å². The molecular weight excluding hydrogens is 763 g/mol. The minimum atomic E-state index is -5.08. The number of aromatic hydroxyl groups is 1. The third kappa shape index (κ3) is 10.9. The van der Waals surface area contributed by atoms with E-state index in [4.69, 9.17) is 28.8 Å². The quantitative estimate of drug-likeness (QED) is 0.0507. The second-order valence-corrected chi connectivity index (χ2v) is 15.9. The maximum Gasteiger partial charge on any atom is 0.490 e. The minimum Gasteiger partial charge on any atom is -0.504 e. The molecule has 1 fully saturated rings. The summed E-state index contributed by atoms with van der Waals surface area (Å²) < 4.78 is 54.5. The van der Waals surface area contributed by atoms with Crippen LogP contribution in [0.5, 0.6) is 11.5 Å². The largest absolute Gasteiger partial charge is 0.504 e. The van der Waals surface area contributed by atoms with Crippen LogP contribution in [0.1, 0.15) is 135 Å². The molecule has 15 heteroatoms. The minimum absolute atomic E-state index is 0.0222. The zero-order valence-electron chi connectivity index (χ0n) is 34.1. The lowest BCUT2D eigenvalue weighted by atomic mass is 9.50. The van der Waals surface area contributed by atoms with Crippen LogP contribution in [0.2, 0.25) is 0 Å². The van der Waals surface area contributed by atoms with Crippen LogP contribution in [0.3, 0.4) is 0 Å². The normalized spacial score (nSPS) is 24.0. The number of carbonyl (C=O) groups excluding carboxylic acids is 3. The molecule has 0 amide bonds. The number of hydrogen-bond donors (Lipinski definition) is 3. The number of alkyl halides is 3. The number of piperidine rings is 1. The van der Waals surface area contributed by atoms with Crippen molar-refractivity contribution in [2.45, 2.75) is 171 Å². The van der Waals surface area contributed by atoms with E-state index in [1.165, 1.54) is 58.8 Å². The number of likely N-dealkylation sites (tertiary alicyclic amines) is 1. The van der Waals surface area contributed by atoms with Crippen LogP contribution in [0.15, 0.2) is 36.1 Å². The number of esters is 3. The van der Waals surface area contributed by atoms with Crippen LogP contribution in [0, 0.1) is 0 Å². The number of ether oxygens (including phenoxy) is 4. The number of phenols is 1. The summed E-state index contributed by atoms with van der Waals surface area (Å²) in [5, 5.41) is 30.1. The highest BCUT2D eigenvalue weighted by Gasteiger charge is 2.72. The molecule has 0 saturated carbocycles. The highest BCUT2D eigenvalue weighted by Crippen LogP contribution is 2.65. The zero-order valence-corrected chi connectivity index (χ0v) is 34.1. The van der Waals surface area contributed by atoms with Crippen molar-refractivity contribution in [2.24, 2.45) is 0 Å². The number of aliphatic carboxylic acids is 1. The zero-order chi connectivity index (χ0) is 42.7. The van der Waals surface area contributed by atoms with Gasteiger partial charge in [0.05, 0.1) is 11.0 Å². The van der Waals surface area contributed by atoms with Crippen LogP contribution in [-0.2, 0) is 45.2 Å². The lowest BCUT2D eigenvalue weighted by Crippen LogP contribution is -2.74. The number of hydrogen-bond acceptors (Lipinski definition) is 11. The smallest absolute Gasteiger partial charge is 0.490 e. The Morgan fingerprint density at radius 1 is 0.931 bits per heavy atom. The van der Waals surface area contributed by atoms with E-state index in [2.05, 4.69) is 24.0 Å².